The Hall–Kier alpha value is -1.28. The Balaban J connectivity index is 2.24. The minimum Gasteiger partial charge on any atom is -0.461 e. The molecule has 0 amide bonds. The molecule has 2 heteroatoms. The van der Waals surface area contributed by atoms with Crippen molar-refractivity contribution in [2.45, 2.75) is 19.4 Å². The fraction of sp³-hybridized carbons (Fsp3) is 0.333. The lowest BCUT2D eigenvalue weighted by molar-refractivity contribution is 0.541. The first-order chi connectivity index (χ1) is 6.95. The van der Waals surface area contributed by atoms with Crippen LogP contribution in [0.1, 0.15) is 17.7 Å². The van der Waals surface area contributed by atoms with Crippen LogP contribution in [0.2, 0.25) is 0 Å². The number of benzene rings is 1. The largest absolute Gasteiger partial charge is 0.461 e. The average molecular weight is 187 g/mol. The molecule has 0 aliphatic carbocycles. The van der Waals surface area contributed by atoms with Crippen molar-refractivity contribution in [2.75, 3.05) is 6.54 Å². The van der Waals surface area contributed by atoms with Gasteiger partial charge in [0.1, 0.15) is 11.3 Å². The first-order valence-corrected chi connectivity index (χ1v) is 5.15. The minimum atomic E-state index is 0.951. The SMILES string of the molecule is c1ccc2c3c(oc2c1)CCCNC3. The third kappa shape index (κ3) is 1.15. The van der Waals surface area contributed by atoms with Gasteiger partial charge in [-0.15, -0.1) is 0 Å². The van der Waals surface area contributed by atoms with E-state index in [4.69, 9.17) is 4.42 Å². The lowest BCUT2D eigenvalue weighted by Crippen LogP contribution is -2.11. The summed E-state index contributed by atoms with van der Waals surface area (Å²) in [4.78, 5) is 0. The molecular formula is C12H13NO. The molecule has 0 saturated carbocycles. The van der Waals surface area contributed by atoms with E-state index in [9.17, 15) is 0 Å². The van der Waals surface area contributed by atoms with Crippen LogP contribution < -0.4 is 5.32 Å². The monoisotopic (exact) mass is 187 g/mol. The molecule has 0 saturated heterocycles. The Morgan fingerprint density at radius 1 is 1.21 bits per heavy atom. The van der Waals surface area contributed by atoms with Crippen molar-refractivity contribution in [2.24, 2.45) is 0 Å². The number of fused-ring (bicyclic) bond motifs is 3. The molecule has 2 nitrogen and oxygen atoms in total. The first kappa shape index (κ1) is 8.06. The van der Waals surface area contributed by atoms with E-state index < -0.39 is 0 Å². The van der Waals surface area contributed by atoms with Crippen LogP contribution in [0.25, 0.3) is 11.0 Å². The summed E-state index contributed by atoms with van der Waals surface area (Å²) in [6, 6.07) is 8.29. The Morgan fingerprint density at radius 2 is 2.14 bits per heavy atom. The molecule has 0 radical (unpaired) electrons. The minimum absolute atomic E-state index is 0.951. The second-order valence-electron chi connectivity index (χ2n) is 3.78. The first-order valence-electron chi connectivity index (χ1n) is 5.15. The predicted octanol–water partition coefficient (Wildman–Crippen LogP) is 2.47. The van der Waals surface area contributed by atoms with E-state index in [-0.39, 0.29) is 0 Å². The van der Waals surface area contributed by atoms with E-state index in [1.807, 2.05) is 12.1 Å². The molecule has 0 unspecified atom stereocenters. The van der Waals surface area contributed by atoms with Gasteiger partial charge in [-0.2, -0.15) is 0 Å². The van der Waals surface area contributed by atoms with Gasteiger partial charge < -0.3 is 9.73 Å². The second kappa shape index (κ2) is 3.14. The third-order valence-electron chi connectivity index (χ3n) is 2.84. The maximum Gasteiger partial charge on any atom is 0.134 e. The quantitative estimate of drug-likeness (QED) is 0.685. The molecule has 1 aliphatic rings. The summed E-state index contributed by atoms with van der Waals surface area (Å²) in [6.07, 6.45) is 2.24. The van der Waals surface area contributed by atoms with Crippen LogP contribution in [0.3, 0.4) is 0 Å². The van der Waals surface area contributed by atoms with Crippen molar-refractivity contribution in [3.8, 4) is 0 Å². The van der Waals surface area contributed by atoms with Gasteiger partial charge in [-0.3, -0.25) is 0 Å². The van der Waals surface area contributed by atoms with Gasteiger partial charge >= 0.3 is 0 Å². The molecule has 14 heavy (non-hydrogen) atoms. The summed E-state index contributed by atoms with van der Waals surface area (Å²) in [5.41, 5.74) is 2.39. The highest BCUT2D eigenvalue weighted by atomic mass is 16.3. The fourth-order valence-corrected chi connectivity index (χ4v) is 2.13. The van der Waals surface area contributed by atoms with Gasteiger partial charge in [0.15, 0.2) is 0 Å². The van der Waals surface area contributed by atoms with Crippen molar-refractivity contribution in [1.82, 2.24) is 5.32 Å². The molecule has 0 bridgehead atoms. The molecule has 1 N–H and O–H groups in total. The molecule has 72 valence electrons. The smallest absolute Gasteiger partial charge is 0.134 e. The van der Waals surface area contributed by atoms with Crippen LogP contribution >= 0.6 is 0 Å². The number of nitrogens with one attached hydrogen (secondary N) is 1. The zero-order chi connectivity index (χ0) is 9.38. The van der Waals surface area contributed by atoms with Crippen LogP contribution in [0.5, 0.6) is 0 Å². The summed E-state index contributed by atoms with van der Waals surface area (Å²) < 4.78 is 5.83. The summed E-state index contributed by atoms with van der Waals surface area (Å²) in [5.74, 6) is 1.18. The predicted molar refractivity (Wildman–Crippen MR) is 56.2 cm³/mol. The summed E-state index contributed by atoms with van der Waals surface area (Å²) in [7, 11) is 0. The van der Waals surface area contributed by atoms with Gasteiger partial charge in [-0.05, 0) is 19.0 Å². The number of para-hydroxylation sites is 1. The second-order valence-corrected chi connectivity index (χ2v) is 3.78. The van der Waals surface area contributed by atoms with Crippen LogP contribution in [-0.2, 0) is 13.0 Å². The maximum absolute atomic E-state index is 5.83. The zero-order valence-corrected chi connectivity index (χ0v) is 8.05. The van der Waals surface area contributed by atoms with Gasteiger partial charge in [0.05, 0.1) is 0 Å². The number of hydrogen-bond donors (Lipinski definition) is 1. The topological polar surface area (TPSA) is 25.2 Å². The normalized spacial score (nSPS) is 16.6. The summed E-state index contributed by atoms with van der Waals surface area (Å²) in [6.45, 7) is 2.05. The summed E-state index contributed by atoms with van der Waals surface area (Å²) in [5, 5.41) is 4.70. The fourth-order valence-electron chi connectivity index (χ4n) is 2.13. The van der Waals surface area contributed by atoms with Gasteiger partial charge in [0.2, 0.25) is 0 Å². The zero-order valence-electron chi connectivity index (χ0n) is 8.05. The molecular weight excluding hydrogens is 174 g/mol. The van der Waals surface area contributed by atoms with E-state index in [0.717, 1.165) is 25.1 Å². The van der Waals surface area contributed by atoms with Crippen molar-refractivity contribution in [1.29, 1.82) is 0 Å². The molecule has 1 aliphatic heterocycles. The highest BCUT2D eigenvalue weighted by Gasteiger charge is 2.15. The van der Waals surface area contributed by atoms with Crippen molar-refractivity contribution < 1.29 is 4.42 Å². The molecule has 2 aromatic rings. The lowest BCUT2D eigenvalue weighted by Gasteiger charge is -1.97. The number of hydrogen-bond acceptors (Lipinski definition) is 2. The van der Waals surface area contributed by atoms with Gasteiger partial charge in [0.25, 0.3) is 0 Å². The maximum atomic E-state index is 5.83. The number of rotatable bonds is 0. The van der Waals surface area contributed by atoms with E-state index in [2.05, 4.69) is 17.4 Å². The number of furan rings is 1. The van der Waals surface area contributed by atoms with Crippen molar-refractivity contribution in [3.05, 3.63) is 35.6 Å². The molecule has 0 atom stereocenters. The van der Waals surface area contributed by atoms with Crippen LogP contribution in [0.4, 0.5) is 0 Å². The highest BCUT2D eigenvalue weighted by molar-refractivity contribution is 5.82. The summed E-state index contributed by atoms with van der Waals surface area (Å²) >= 11 is 0. The molecule has 1 aromatic heterocycles. The molecule has 2 heterocycles. The number of aryl methyl sites for hydroxylation is 1. The van der Waals surface area contributed by atoms with Crippen molar-refractivity contribution >= 4 is 11.0 Å². The van der Waals surface area contributed by atoms with Gasteiger partial charge in [-0.25, -0.2) is 0 Å². The Labute approximate surface area is 82.9 Å². The van der Waals surface area contributed by atoms with Crippen LogP contribution in [0.15, 0.2) is 28.7 Å². The van der Waals surface area contributed by atoms with Gasteiger partial charge in [-0.1, -0.05) is 18.2 Å². The van der Waals surface area contributed by atoms with E-state index in [1.165, 1.54) is 23.1 Å². The molecule has 0 spiro atoms. The Morgan fingerprint density at radius 3 is 3.14 bits per heavy atom. The molecule has 3 rings (SSSR count). The Kier molecular flexibility index (Phi) is 1.81. The van der Waals surface area contributed by atoms with Crippen LogP contribution in [-0.4, -0.2) is 6.54 Å². The molecule has 1 aromatic carbocycles. The van der Waals surface area contributed by atoms with Crippen molar-refractivity contribution in [3.63, 3.8) is 0 Å². The standard InChI is InChI=1S/C12H13NO/c1-2-5-11-9(4-1)10-8-13-7-3-6-12(10)14-11/h1-2,4-5,13H,3,6-8H2. The van der Waals surface area contributed by atoms with E-state index in [1.54, 1.807) is 0 Å². The van der Waals surface area contributed by atoms with Crippen LogP contribution in [0, 0.1) is 0 Å². The lowest BCUT2D eigenvalue weighted by atomic mass is 10.1. The van der Waals surface area contributed by atoms with E-state index in [0.29, 0.717) is 0 Å². The third-order valence-corrected chi connectivity index (χ3v) is 2.84. The van der Waals surface area contributed by atoms with Gasteiger partial charge in [0, 0.05) is 23.9 Å². The van der Waals surface area contributed by atoms with E-state index >= 15 is 0 Å². The molecule has 0 fully saturated rings. The average Bonchev–Trinajstić information content (AvgIpc) is 2.42. The Bertz CT molecular complexity index is 458. The highest BCUT2D eigenvalue weighted by Crippen LogP contribution is 2.27.